The summed E-state index contributed by atoms with van der Waals surface area (Å²) in [5.41, 5.74) is -0.115. The Labute approximate surface area is 161 Å². The van der Waals surface area contributed by atoms with Gasteiger partial charge in [-0.15, -0.1) is 0 Å². The molecule has 0 aliphatic heterocycles. The van der Waals surface area contributed by atoms with E-state index in [4.69, 9.17) is 21.1 Å². The minimum atomic E-state index is -2.68. The number of carbonyl (C=O) groups excluding carboxylic acids is 1. The van der Waals surface area contributed by atoms with Crippen molar-refractivity contribution in [3.63, 3.8) is 0 Å². The van der Waals surface area contributed by atoms with E-state index in [9.17, 15) is 18.7 Å². The van der Waals surface area contributed by atoms with Gasteiger partial charge >= 0.3 is 18.9 Å². The number of carboxylic acids is 1. The number of aromatic carboxylic acids is 1. The van der Waals surface area contributed by atoms with E-state index in [1.807, 2.05) is 0 Å². The van der Waals surface area contributed by atoms with Crippen LogP contribution in [-0.4, -0.2) is 38.6 Å². The summed E-state index contributed by atoms with van der Waals surface area (Å²) in [6.45, 7) is -0.859. The SMILES string of the molecule is O=C([O-])c1cc2nc(Oc3ncc(Cl)cc3OCC(F)F)ccn2n1.[Li+]. The fourth-order valence-electron chi connectivity index (χ4n) is 1.86. The summed E-state index contributed by atoms with van der Waals surface area (Å²) in [5, 5.41) is 14.7. The van der Waals surface area contributed by atoms with Crippen LogP contribution in [0.5, 0.6) is 17.5 Å². The molecule has 0 radical (unpaired) electrons. The zero-order valence-electron chi connectivity index (χ0n) is 13.2. The van der Waals surface area contributed by atoms with E-state index in [1.54, 1.807) is 0 Å². The van der Waals surface area contributed by atoms with Crippen LogP contribution >= 0.6 is 11.6 Å². The standard InChI is InChI=1S/C14H9ClF2N4O4.Li/c15-7-3-9(24-6-10(16)17)13(18-5-7)25-12-1-2-21-11(19-12)4-8(20-21)14(22)23;/h1-5,10H,6H2,(H,22,23);/q;+1/p-1. The summed E-state index contributed by atoms with van der Waals surface area (Å²) >= 11 is 5.77. The number of nitrogens with zero attached hydrogens (tertiary/aromatic N) is 4. The molecule has 12 heteroatoms. The Kier molecular flexibility index (Phi) is 6.36. The predicted octanol–water partition coefficient (Wildman–Crippen LogP) is -1.42. The summed E-state index contributed by atoms with van der Waals surface area (Å²) in [4.78, 5) is 18.7. The number of rotatable bonds is 6. The van der Waals surface area contributed by atoms with Crippen LogP contribution in [0.2, 0.25) is 5.02 Å². The van der Waals surface area contributed by atoms with Crippen molar-refractivity contribution in [1.82, 2.24) is 19.6 Å². The number of carbonyl (C=O) groups is 1. The van der Waals surface area contributed by atoms with Crippen molar-refractivity contribution in [3.05, 3.63) is 41.3 Å². The number of hydrogen-bond acceptors (Lipinski definition) is 7. The van der Waals surface area contributed by atoms with Crippen LogP contribution in [0.15, 0.2) is 30.6 Å². The third-order valence-electron chi connectivity index (χ3n) is 2.86. The molecule has 130 valence electrons. The Bertz CT molecular complexity index is 940. The number of aromatic nitrogens is 4. The van der Waals surface area contributed by atoms with Crippen molar-refractivity contribution in [2.75, 3.05) is 6.61 Å². The van der Waals surface area contributed by atoms with E-state index in [0.717, 1.165) is 0 Å². The number of fused-ring (bicyclic) bond motifs is 1. The summed E-state index contributed by atoms with van der Waals surface area (Å²) < 4.78 is 36.2. The molecule has 0 spiro atoms. The molecular weight excluding hydrogens is 369 g/mol. The van der Waals surface area contributed by atoms with Gasteiger partial charge in [-0.2, -0.15) is 10.1 Å². The van der Waals surface area contributed by atoms with E-state index >= 15 is 0 Å². The van der Waals surface area contributed by atoms with Crippen LogP contribution < -0.4 is 33.4 Å². The Hall–Kier alpha value is -2.41. The molecule has 0 unspecified atom stereocenters. The Morgan fingerprint density at radius 3 is 2.85 bits per heavy atom. The van der Waals surface area contributed by atoms with Gasteiger partial charge in [0.15, 0.2) is 11.4 Å². The molecule has 0 saturated heterocycles. The molecule has 0 aliphatic rings. The molecule has 8 nitrogen and oxygen atoms in total. The molecule has 0 amide bonds. The van der Waals surface area contributed by atoms with Crippen molar-refractivity contribution in [2.45, 2.75) is 6.43 Å². The Balaban J connectivity index is 0.00000243. The maximum absolute atomic E-state index is 12.3. The molecule has 26 heavy (non-hydrogen) atoms. The third-order valence-corrected chi connectivity index (χ3v) is 3.07. The largest absolute Gasteiger partial charge is 1.00 e. The van der Waals surface area contributed by atoms with E-state index in [1.165, 1.54) is 35.1 Å². The van der Waals surface area contributed by atoms with E-state index in [0.29, 0.717) is 0 Å². The van der Waals surface area contributed by atoms with E-state index < -0.39 is 19.0 Å². The number of pyridine rings is 1. The molecule has 3 aromatic rings. The number of hydrogen-bond donors (Lipinski definition) is 0. The molecule has 3 aromatic heterocycles. The molecule has 3 heterocycles. The van der Waals surface area contributed by atoms with Crippen LogP contribution in [0.25, 0.3) is 5.65 Å². The molecule has 0 aromatic carbocycles. The topological polar surface area (TPSA) is 102 Å². The maximum atomic E-state index is 12.3. The second-order valence-corrected chi connectivity index (χ2v) is 5.08. The fourth-order valence-corrected chi connectivity index (χ4v) is 2.01. The van der Waals surface area contributed by atoms with Gasteiger partial charge in [0.2, 0.25) is 5.88 Å². The van der Waals surface area contributed by atoms with Gasteiger partial charge in [0.1, 0.15) is 12.3 Å². The van der Waals surface area contributed by atoms with Gasteiger partial charge in [-0.25, -0.2) is 18.3 Å². The molecule has 0 atom stereocenters. The molecular formula is C14H8ClF2LiN4O4. The monoisotopic (exact) mass is 376 g/mol. The zero-order valence-corrected chi connectivity index (χ0v) is 14.0. The first-order valence-corrected chi connectivity index (χ1v) is 7.12. The number of alkyl halides is 2. The molecule has 0 saturated carbocycles. The van der Waals surface area contributed by atoms with Gasteiger partial charge in [-0.1, -0.05) is 11.6 Å². The molecule has 0 aliphatic carbocycles. The van der Waals surface area contributed by atoms with Crippen molar-refractivity contribution in [1.29, 1.82) is 0 Å². The number of ether oxygens (including phenoxy) is 2. The summed E-state index contributed by atoms with van der Waals surface area (Å²) in [6, 6.07) is 3.84. The van der Waals surface area contributed by atoms with Crippen LogP contribution in [0, 0.1) is 0 Å². The molecule has 3 rings (SSSR count). The quantitative estimate of drug-likeness (QED) is 0.487. The van der Waals surface area contributed by atoms with E-state index in [2.05, 4.69) is 15.1 Å². The van der Waals surface area contributed by atoms with E-state index in [-0.39, 0.29) is 52.7 Å². The maximum Gasteiger partial charge on any atom is 1.00 e. The first kappa shape index (κ1) is 19.9. The van der Waals surface area contributed by atoms with Crippen molar-refractivity contribution in [3.8, 4) is 17.5 Å². The normalized spacial score (nSPS) is 10.6. The molecule has 0 fully saturated rings. The van der Waals surface area contributed by atoms with Gasteiger partial charge in [0, 0.05) is 30.6 Å². The second kappa shape index (κ2) is 8.31. The zero-order chi connectivity index (χ0) is 18.0. The first-order chi connectivity index (χ1) is 11.9. The minimum absolute atomic E-state index is 0. The molecule has 0 N–H and O–H groups in total. The van der Waals surface area contributed by atoms with Crippen LogP contribution in [-0.2, 0) is 0 Å². The van der Waals surface area contributed by atoms with Crippen molar-refractivity contribution in [2.24, 2.45) is 0 Å². The Morgan fingerprint density at radius 1 is 1.38 bits per heavy atom. The first-order valence-electron chi connectivity index (χ1n) is 6.74. The number of carboxylic acid groups (broad SMARTS) is 1. The number of halogens is 3. The fraction of sp³-hybridized carbons (Fsp3) is 0.143. The van der Waals surface area contributed by atoms with Crippen molar-refractivity contribution >= 4 is 23.2 Å². The summed E-state index contributed by atoms with van der Waals surface area (Å²) in [6.07, 6.45) is -0.0339. The smallest absolute Gasteiger partial charge is 0.543 e. The average Bonchev–Trinajstić information content (AvgIpc) is 2.98. The van der Waals surface area contributed by atoms with Gasteiger partial charge in [0.25, 0.3) is 12.3 Å². The van der Waals surface area contributed by atoms with Crippen LogP contribution in [0.1, 0.15) is 10.5 Å². The van der Waals surface area contributed by atoms with Gasteiger partial charge in [-0.3, -0.25) is 0 Å². The van der Waals surface area contributed by atoms with Crippen LogP contribution in [0.3, 0.4) is 0 Å². The van der Waals surface area contributed by atoms with Crippen molar-refractivity contribution < 1.29 is 47.0 Å². The third kappa shape index (κ3) is 4.60. The summed E-state index contributed by atoms with van der Waals surface area (Å²) in [5.74, 6) is -1.64. The molecule has 0 bridgehead atoms. The van der Waals surface area contributed by atoms with Gasteiger partial charge in [-0.05, 0) is 0 Å². The second-order valence-electron chi connectivity index (χ2n) is 4.65. The average molecular weight is 377 g/mol. The minimum Gasteiger partial charge on any atom is -0.543 e. The van der Waals surface area contributed by atoms with Crippen LogP contribution in [0.4, 0.5) is 8.78 Å². The van der Waals surface area contributed by atoms with Gasteiger partial charge < -0.3 is 19.4 Å². The van der Waals surface area contributed by atoms with Gasteiger partial charge in [0.05, 0.1) is 11.0 Å². The predicted molar refractivity (Wildman–Crippen MR) is 78.1 cm³/mol. The summed E-state index contributed by atoms with van der Waals surface area (Å²) in [7, 11) is 0. The Morgan fingerprint density at radius 2 is 2.15 bits per heavy atom.